The highest BCUT2D eigenvalue weighted by molar-refractivity contribution is 5.91. The van der Waals surface area contributed by atoms with Crippen molar-refractivity contribution in [3.05, 3.63) is 23.8 Å². The number of benzene rings is 1. The number of carboxylic acid groups (broad SMARTS) is 1. The van der Waals surface area contributed by atoms with Crippen molar-refractivity contribution in [1.29, 1.82) is 0 Å². The number of aromatic carboxylic acids is 1. The van der Waals surface area contributed by atoms with E-state index in [9.17, 15) is 4.79 Å². The molecule has 2 rings (SSSR count). The number of fused-ring (bicyclic) bond motifs is 1. The van der Waals surface area contributed by atoms with Gasteiger partial charge >= 0.3 is 5.97 Å². The number of hydrogen-bond donors (Lipinski definition) is 2. The summed E-state index contributed by atoms with van der Waals surface area (Å²) in [6, 6.07) is 5.14. The van der Waals surface area contributed by atoms with E-state index in [4.69, 9.17) is 5.11 Å². The Labute approximate surface area is 82.2 Å². The molecule has 14 heavy (non-hydrogen) atoms. The van der Waals surface area contributed by atoms with Gasteiger partial charge in [-0.1, -0.05) is 0 Å². The Balaban J connectivity index is 2.42. The molecule has 0 spiro atoms. The van der Waals surface area contributed by atoms with Crippen LogP contribution in [0, 0.1) is 0 Å². The maximum absolute atomic E-state index is 10.8. The Kier molecular flexibility index (Phi) is 2.04. The molecule has 0 aliphatic carbocycles. The van der Waals surface area contributed by atoms with E-state index in [1.54, 1.807) is 12.1 Å². The van der Waals surface area contributed by atoms with E-state index in [0.29, 0.717) is 5.56 Å². The van der Waals surface area contributed by atoms with Crippen LogP contribution in [-0.4, -0.2) is 24.3 Å². The van der Waals surface area contributed by atoms with Gasteiger partial charge in [-0.15, -0.1) is 0 Å². The van der Waals surface area contributed by atoms with Gasteiger partial charge in [0.25, 0.3) is 0 Å². The third-order valence-corrected chi connectivity index (χ3v) is 2.43. The standard InChI is InChI=1S/C10H12N2O2/c1-2-12-6-11-8-4-3-7(10(13)14)5-9(8)12/h3-5,11H,2,6H2,1H3,(H,13,14). The minimum atomic E-state index is -0.879. The summed E-state index contributed by atoms with van der Waals surface area (Å²) in [6.07, 6.45) is 0. The van der Waals surface area contributed by atoms with E-state index in [1.165, 1.54) is 0 Å². The molecule has 2 N–H and O–H groups in total. The fraction of sp³-hybridized carbons (Fsp3) is 0.300. The van der Waals surface area contributed by atoms with Gasteiger partial charge in [0.2, 0.25) is 0 Å². The number of carboxylic acids is 1. The zero-order valence-electron chi connectivity index (χ0n) is 7.95. The molecule has 0 aromatic heterocycles. The topological polar surface area (TPSA) is 52.6 Å². The Morgan fingerprint density at radius 2 is 2.43 bits per heavy atom. The summed E-state index contributed by atoms with van der Waals surface area (Å²) in [7, 11) is 0. The predicted octanol–water partition coefficient (Wildman–Crippen LogP) is 1.59. The van der Waals surface area contributed by atoms with E-state index >= 15 is 0 Å². The van der Waals surface area contributed by atoms with Gasteiger partial charge in [0.1, 0.15) is 0 Å². The first-order valence-electron chi connectivity index (χ1n) is 4.58. The number of anilines is 2. The Morgan fingerprint density at radius 1 is 1.64 bits per heavy atom. The molecule has 0 saturated carbocycles. The lowest BCUT2D eigenvalue weighted by molar-refractivity contribution is 0.0697. The molecule has 74 valence electrons. The summed E-state index contributed by atoms with van der Waals surface area (Å²) in [5.74, 6) is -0.879. The first-order valence-corrected chi connectivity index (χ1v) is 4.58. The van der Waals surface area contributed by atoms with Crippen LogP contribution >= 0.6 is 0 Å². The van der Waals surface area contributed by atoms with Crippen LogP contribution in [0.25, 0.3) is 0 Å². The Morgan fingerprint density at radius 3 is 3.07 bits per heavy atom. The fourth-order valence-electron chi connectivity index (χ4n) is 1.62. The zero-order chi connectivity index (χ0) is 10.1. The highest BCUT2D eigenvalue weighted by atomic mass is 16.4. The number of nitrogens with zero attached hydrogens (tertiary/aromatic N) is 1. The van der Waals surface area contributed by atoms with Gasteiger partial charge < -0.3 is 15.3 Å². The van der Waals surface area contributed by atoms with Crippen LogP contribution in [0.1, 0.15) is 17.3 Å². The zero-order valence-corrected chi connectivity index (χ0v) is 7.95. The van der Waals surface area contributed by atoms with Crippen molar-refractivity contribution in [3.8, 4) is 0 Å². The van der Waals surface area contributed by atoms with Crippen LogP contribution < -0.4 is 10.2 Å². The van der Waals surface area contributed by atoms with Crippen molar-refractivity contribution in [2.24, 2.45) is 0 Å². The minimum Gasteiger partial charge on any atom is -0.478 e. The van der Waals surface area contributed by atoms with Gasteiger partial charge in [0.15, 0.2) is 0 Å². The number of rotatable bonds is 2. The van der Waals surface area contributed by atoms with Crippen molar-refractivity contribution < 1.29 is 9.90 Å². The van der Waals surface area contributed by atoms with Crippen LogP contribution in [0.3, 0.4) is 0 Å². The van der Waals surface area contributed by atoms with E-state index < -0.39 is 5.97 Å². The third-order valence-electron chi connectivity index (χ3n) is 2.43. The van der Waals surface area contributed by atoms with E-state index in [2.05, 4.69) is 10.2 Å². The maximum Gasteiger partial charge on any atom is 0.335 e. The lowest BCUT2D eigenvalue weighted by atomic mass is 10.1. The van der Waals surface area contributed by atoms with Crippen molar-refractivity contribution >= 4 is 17.3 Å². The van der Waals surface area contributed by atoms with Crippen LogP contribution in [0.4, 0.5) is 11.4 Å². The third kappa shape index (κ3) is 1.28. The molecule has 1 aromatic carbocycles. The normalized spacial score (nSPS) is 13.6. The first-order chi connectivity index (χ1) is 6.72. The second kappa shape index (κ2) is 3.21. The molecule has 4 nitrogen and oxygen atoms in total. The molecular weight excluding hydrogens is 180 g/mol. The molecule has 0 amide bonds. The lowest BCUT2D eigenvalue weighted by Crippen LogP contribution is -2.21. The highest BCUT2D eigenvalue weighted by Gasteiger charge is 2.18. The average molecular weight is 192 g/mol. The fourth-order valence-corrected chi connectivity index (χ4v) is 1.62. The highest BCUT2D eigenvalue weighted by Crippen LogP contribution is 2.31. The van der Waals surface area contributed by atoms with E-state index in [-0.39, 0.29) is 0 Å². The minimum absolute atomic E-state index is 0.339. The van der Waals surface area contributed by atoms with E-state index in [0.717, 1.165) is 24.6 Å². The molecule has 4 heteroatoms. The Bertz CT molecular complexity index is 376. The molecule has 1 heterocycles. The van der Waals surface area contributed by atoms with Crippen LogP contribution in [0.5, 0.6) is 0 Å². The van der Waals surface area contributed by atoms with Crippen molar-refractivity contribution in [2.45, 2.75) is 6.92 Å². The number of carbonyl (C=O) groups is 1. The SMILES string of the molecule is CCN1CNc2ccc(C(=O)O)cc21. The summed E-state index contributed by atoms with van der Waals surface area (Å²) < 4.78 is 0. The lowest BCUT2D eigenvalue weighted by Gasteiger charge is -2.14. The van der Waals surface area contributed by atoms with Crippen molar-refractivity contribution in [3.63, 3.8) is 0 Å². The first kappa shape index (κ1) is 8.87. The van der Waals surface area contributed by atoms with Crippen molar-refractivity contribution in [2.75, 3.05) is 23.4 Å². The van der Waals surface area contributed by atoms with Crippen molar-refractivity contribution in [1.82, 2.24) is 0 Å². The van der Waals surface area contributed by atoms with Gasteiger partial charge in [-0.3, -0.25) is 0 Å². The molecular formula is C10H12N2O2. The molecule has 0 saturated heterocycles. The molecule has 0 unspecified atom stereocenters. The summed E-state index contributed by atoms with van der Waals surface area (Å²) in [5.41, 5.74) is 2.33. The number of nitrogens with one attached hydrogen (secondary N) is 1. The monoisotopic (exact) mass is 192 g/mol. The molecule has 0 radical (unpaired) electrons. The van der Waals surface area contributed by atoms with Gasteiger partial charge in [0, 0.05) is 6.54 Å². The summed E-state index contributed by atoms with van der Waals surface area (Å²) >= 11 is 0. The predicted molar refractivity (Wildman–Crippen MR) is 54.9 cm³/mol. The largest absolute Gasteiger partial charge is 0.478 e. The van der Waals surface area contributed by atoms with Crippen LogP contribution in [-0.2, 0) is 0 Å². The molecule has 1 aliphatic rings. The van der Waals surface area contributed by atoms with Gasteiger partial charge in [0.05, 0.1) is 23.6 Å². The van der Waals surface area contributed by atoms with Crippen LogP contribution in [0.2, 0.25) is 0 Å². The molecule has 1 aliphatic heterocycles. The summed E-state index contributed by atoms with van der Waals surface area (Å²) in [4.78, 5) is 12.9. The molecule has 0 fully saturated rings. The smallest absolute Gasteiger partial charge is 0.335 e. The Hall–Kier alpha value is -1.71. The quantitative estimate of drug-likeness (QED) is 0.747. The second-order valence-electron chi connectivity index (χ2n) is 3.23. The summed E-state index contributed by atoms with van der Waals surface area (Å²) in [5, 5.41) is 12.0. The molecule has 1 aromatic rings. The second-order valence-corrected chi connectivity index (χ2v) is 3.23. The summed E-state index contributed by atoms with van der Waals surface area (Å²) in [6.45, 7) is 3.68. The van der Waals surface area contributed by atoms with E-state index in [1.807, 2.05) is 13.0 Å². The van der Waals surface area contributed by atoms with Gasteiger partial charge in [-0.2, -0.15) is 0 Å². The van der Waals surface area contributed by atoms with Crippen LogP contribution in [0.15, 0.2) is 18.2 Å². The molecule has 0 atom stereocenters. The number of hydrogen-bond acceptors (Lipinski definition) is 3. The van der Waals surface area contributed by atoms with Gasteiger partial charge in [-0.05, 0) is 25.1 Å². The van der Waals surface area contributed by atoms with Gasteiger partial charge in [-0.25, -0.2) is 4.79 Å². The molecule has 0 bridgehead atoms. The maximum atomic E-state index is 10.8. The average Bonchev–Trinajstić information content (AvgIpc) is 2.59.